The lowest BCUT2D eigenvalue weighted by atomic mass is 9.95. The number of rotatable bonds is 3. The Morgan fingerprint density at radius 3 is 2.62 bits per heavy atom. The molecule has 0 aromatic heterocycles. The summed E-state index contributed by atoms with van der Waals surface area (Å²) in [4.78, 5) is 12.9. The Morgan fingerprint density at radius 1 is 1.24 bits per heavy atom. The summed E-state index contributed by atoms with van der Waals surface area (Å²) < 4.78 is 46.3. The van der Waals surface area contributed by atoms with Gasteiger partial charge in [0, 0.05) is 24.3 Å². The predicted octanol–water partition coefficient (Wildman–Crippen LogP) is 4.48. The first-order valence-corrected chi connectivity index (χ1v) is 9.30. The predicted molar refractivity (Wildman–Crippen MR) is 103 cm³/mol. The highest BCUT2D eigenvalue weighted by Gasteiger charge is 2.36. The molecule has 1 saturated heterocycles. The molecule has 2 aliphatic rings. The molecule has 2 aromatic rings. The Kier molecular flexibility index (Phi) is 4.40. The summed E-state index contributed by atoms with van der Waals surface area (Å²) in [6.45, 7) is 4.85. The standard InChI is InChI=1S/C21H21F3N2O3/c1-20(2)11-25-18-16(7-14(21(22,23)24)8-17(18)29-20)12-4-3-5-15(6-12)26-9-13(10-26)19(27)28/h3-8,13,25H,9-11H2,1-2H3,(H,27,28). The van der Waals surface area contributed by atoms with Crippen molar-refractivity contribution in [3.05, 3.63) is 42.0 Å². The van der Waals surface area contributed by atoms with Crippen molar-refractivity contribution in [3.63, 3.8) is 0 Å². The molecule has 4 rings (SSSR count). The lowest BCUT2D eigenvalue weighted by Gasteiger charge is -2.39. The van der Waals surface area contributed by atoms with Crippen molar-refractivity contribution < 1.29 is 27.8 Å². The van der Waals surface area contributed by atoms with E-state index in [0.717, 1.165) is 17.8 Å². The van der Waals surface area contributed by atoms with Crippen molar-refractivity contribution in [2.75, 3.05) is 29.9 Å². The second kappa shape index (κ2) is 6.57. The van der Waals surface area contributed by atoms with Gasteiger partial charge in [0.05, 0.1) is 23.7 Å². The van der Waals surface area contributed by atoms with Gasteiger partial charge in [-0.05, 0) is 43.7 Å². The van der Waals surface area contributed by atoms with Gasteiger partial charge in [-0.3, -0.25) is 4.79 Å². The van der Waals surface area contributed by atoms with Crippen LogP contribution in [0, 0.1) is 5.92 Å². The molecule has 0 radical (unpaired) electrons. The van der Waals surface area contributed by atoms with Crippen molar-refractivity contribution in [3.8, 4) is 16.9 Å². The van der Waals surface area contributed by atoms with Crippen LogP contribution in [0.1, 0.15) is 19.4 Å². The molecule has 2 N–H and O–H groups in total. The Hall–Kier alpha value is -2.90. The average molecular weight is 406 g/mol. The van der Waals surface area contributed by atoms with E-state index in [2.05, 4.69) is 5.32 Å². The summed E-state index contributed by atoms with van der Waals surface area (Å²) in [6.07, 6.45) is -4.50. The largest absolute Gasteiger partial charge is 0.484 e. The van der Waals surface area contributed by atoms with E-state index < -0.39 is 29.2 Å². The number of ether oxygens (including phenoxy) is 1. The molecule has 5 nitrogen and oxygen atoms in total. The van der Waals surface area contributed by atoms with Gasteiger partial charge in [0.15, 0.2) is 0 Å². The van der Waals surface area contributed by atoms with Crippen molar-refractivity contribution in [1.82, 2.24) is 0 Å². The molecule has 1 fully saturated rings. The zero-order chi connectivity index (χ0) is 21.0. The van der Waals surface area contributed by atoms with E-state index in [1.54, 1.807) is 18.2 Å². The number of aliphatic carboxylic acids is 1. The molecule has 0 bridgehead atoms. The van der Waals surface area contributed by atoms with E-state index in [0.29, 0.717) is 36.4 Å². The van der Waals surface area contributed by atoms with E-state index in [9.17, 15) is 18.0 Å². The number of hydrogen-bond acceptors (Lipinski definition) is 4. The minimum Gasteiger partial charge on any atom is -0.484 e. The molecule has 0 spiro atoms. The van der Waals surface area contributed by atoms with Crippen LogP contribution in [0.4, 0.5) is 24.5 Å². The van der Waals surface area contributed by atoms with Crippen LogP contribution in [0.5, 0.6) is 5.75 Å². The monoisotopic (exact) mass is 406 g/mol. The van der Waals surface area contributed by atoms with Crippen LogP contribution in [0.25, 0.3) is 11.1 Å². The third-order valence-electron chi connectivity index (χ3n) is 5.26. The summed E-state index contributed by atoms with van der Waals surface area (Å²) in [6, 6.07) is 9.28. The zero-order valence-electron chi connectivity index (χ0n) is 16.0. The number of carboxylic acid groups (broad SMARTS) is 1. The van der Waals surface area contributed by atoms with Gasteiger partial charge >= 0.3 is 12.1 Å². The van der Waals surface area contributed by atoms with E-state index >= 15 is 0 Å². The van der Waals surface area contributed by atoms with Gasteiger partial charge in [-0.15, -0.1) is 0 Å². The second-order valence-electron chi connectivity index (χ2n) is 8.10. The topological polar surface area (TPSA) is 61.8 Å². The van der Waals surface area contributed by atoms with E-state index in [-0.39, 0.29) is 5.75 Å². The van der Waals surface area contributed by atoms with Gasteiger partial charge in [-0.2, -0.15) is 13.2 Å². The Balaban J connectivity index is 1.75. The molecule has 0 unspecified atom stereocenters. The SMILES string of the molecule is CC1(C)CNc2c(cc(C(F)(F)F)cc2-c2cccc(N3CC(C(=O)O)C3)c2)O1. The number of carboxylic acids is 1. The van der Waals surface area contributed by atoms with Crippen LogP contribution in [-0.2, 0) is 11.0 Å². The highest BCUT2D eigenvalue weighted by atomic mass is 19.4. The number of benzene rings is 2. The molecule has 2 heterocycles. The number of halogens is 3. The summed E-state index contributed by atoms with van der Waals surface area (Å²) in [5.74, 6) is -1.09. The molecule has 8 heteroatoms. The molecule has 0 aliphatic carbocycles. The van der Waals surface area contributed by atoms with Crippen LogP contribution in [0.15, 0.2) is 36.4 Å². The van der Waals surface area contributed by atoms with E-state index in [4.69, 9.17) is 9.84 Å². The van der Waals surface area contributed by atoms with Gasteiger partial charge in [0.1, 0.15) is 11.4 Å². The average Bonchev–Trinajstić information content (AvgIpc) is 2.57. The molecule has 0 amide bonds. The summed E-state index contributed by atoms with van der Waals surface area (Å²) in [5.41, 5.74) is 0.928. The van der Waals surface area contributed by atoms with Gasteiger partial charge < -0.3 is 20.1 Å². The molecule has 29 heavy (non-hydrogen) atoms. The van der Waals surface area contributed by atoms with Crippen LogP contribution in [-0.4, -0.2) is 36.3 Å². The zero-order valence-corrected chi connectivity index (χ0v) is 16.0. The maximum absolute atomic E-state index is 13.5. The number of nitrogens with one attached hydrogen (secondary N) is 1. The Labute approximate surface area is 166 Å². The first-order chi connectivity index (χ1) is 13.5. The fourth-order valence-electron chi connectivity index (χ4n) is 3.62. The number of hydrogen-bond donors (Lipinski definition) is 2. The van der Waals surface area contributed by atoms with Crippen LogP contribution in [0.3, 0.4) is 0 Å². The maximum Gasteiger partial charge on any atom is 0.416 e. The smallest absolute Gasteiger partial charge is 0.416 e. The van der Waals surface area contributed by atoms with Gasteiger partial charge in [-0.25, -0.2) is 0 Å². The van der Waals surface area contributed by atoms with Crippen molar-refractivity contribution in [2.24, 2.45) is 5.92 Å². The second-order valence-corrected chi connectivity index (χ2v) is 8.10. The summed E-state index contributed by atoms with van der Waals surface area (Å²) in [7, 11) is 0. The maximum atomic E-state index is 13.5. The molecule has 154 valence electrons. The molecule has 2 aromatic carbocycles. The van der Waals surface area contributed by atoms with Crippen molar-refractivity contribution >= 4 is 17.3 Å². The highest BCUT2D eigenvalue weighted by Crippen LogP contribution is 2.45. The summed E-state index contributed by atoms with van der Waals surface area (Å²) >= 11 is 0. The number of alkyl halides is 3. The van der Waals surface area contributed by atoms with Gasteiger partial charge in [0.25, 0.3) is 0 Å². The Morgan fingerprint density at radius 2 is 1.97 bits per heavy atom. The first kappa shape index (κ1) is 19.4. The molecule has 2 aliphatic heterocycles. The van der Waals surface area contributed by atoms with Gasteiger partial charge in [0.2, 0.25) is 0 Å². The number of carbonyl (C=O) groups is 1. The Bertz CT molecular complexity index is 966. The summed E-state index contributed by atoms with van der Waals surface area (Å²) in [5, 5.41) is 12.3. The number of fused-ring (bicyclic) bond motifs is 1. The van der Waals surface area contributed by atoms with E-state index in [1.165, 1.54) is 0 Å². The third-order valence-corrected chi connectivity index (χ3v) is 5.26. The lowest BCUT2D eigenvalue weighted by Crippen LogP contribution is -2.50. The minimum absolute atomic E-state index is 0.173. The normalized spacial score (nSPS) is 18.3. The fraction of sp³-hybridized carbons (Fsp3) is 0.381. The molecular weight excluding hydrogens is 385 g/mol. The lowest BCUT2D eigenvalue weighted by molar-refractivity contribution is -0.142. The van der Waals surface area contributed by atoms with Gasteiger partial charge in [-0.1, -0.05) is 12.1 Å². The van der Waals surface area contributed by atoms with Crippen molar-refractivity contribution in [2.45, 2.75) is 25.6 Å². The van der Waals surface area contributed by atoms with Crippen LogP contribution >= 0.6 is 0 Å². The van der Waals surface area contributed by atoms with E-state index in [1.807, 2.05) is 24.8 Å². The first-order valence-electron chi connectivity index (χ1n) is 9.30. The number of nitrogens with zero attached hydrogens (tertiary/aromatic N) is 1. The quantitative estimate of drug-likeness (QED) is 0.787. The third kappa shape index (κ3) is 3.71. The molecular formula is C21H21F3N2O3. The van der Waals surface area contributed by atoms with Crippen LogP contribution < -0.4 is 15.0 Å². The molecule has 0 saturated carbocycles. The van der Waals surface area contributed by atoms with Crippen molar-refractivity contribution in [1.29, 1.82) is 0 Å². The highest BCUT2D eigenvalue weighted by molar-refractivity contribution is 5.85. The fourth-order valence-corrected chi connectivity index (χ4v) is 3.62. The number of anilines is 2. The molecule has 0 atom stereocenters. The minimum atomic E-state index is -4.50. The van der Waals surface area contributed by atoms with Crippen LogP contribution in [0.2, 0.25) is 0 Å².